The maximum absolute atomic E-state index is 12.5. The molecular weight excluding hydrogens is 302 g/mol. The number of anilines is 3. The number of amides is 1. The van der Waals surface area contributed by atoms with E-state index in [1.54, 1.807) is 6.07 Å². The molecule has 1 heterocycles. The largest absolute Gasteiger partial charge is 0.490 e. The molecule has 2 aromatic carbocycles. The number of benzene rings is 2. The fourth-order valence-corrected chi connectivity index (χ4v) is 2.93. The molecule has 0 bridgehead atoms. The summed E-state index contributed by atoms with van der Waals surface area (Å²) in [4.78, 5) is 14.5. The summed E-state index contributed by atoms with van der Waals surface area (Å²) in [5.74, 6) is 1.08. The molecule has 5 nitrogen and oxygen atoms in total. The summed E-state index contributed by atoms with van der Waals surface area (Å²) in [7, 11) is 0. The number of carbonyl (C=O) groups is 1. The van der Waals surface area contributed by atoms with Gasteiger partial charge < -0.3 is 20.7 Å². The number of rotatable bonds is 4. The fraction of sp³-hybridized carbons (Fsp3) is 0.316. The van der Waals surface area contributed by atoms with E-state index in [-0.39, 0.29) is 12.5 Å². The van der Waals surface area contributed by atoms with Crippen LogP contribution in [0.15, 0.2) is 42.5 Å². The van der Waals surface area contributed by atoms with E-state index in [1.807, 2.05) is 41.3 Å². The van der Waals surface area contributed by atoms with Crippen LogP contribution in [0.2, 0.25) is 0 Å². The highest BCUT2D eigenvalue weighted by Gasteiger charge is 2.21. The number of nitrogens with zero attached hydrogens (tertiary/aromatic N) is 1. The standard InChI is InChI=1S/C19H23N3O2/c1-13(2)15-5-3-4-6-16(15)21-19(23)12-22-9-10-24-18-8-7-14(20)11-17(18)22/h3-8,11,13H,9-10,12,20H2,1-2H3,(H,21,23). The van der Waals surface area contributed by atoms with Crippen molar-refractivity contribution in [1.29, 1.82) is 0 Å². The molecule has 1 aliphatic rings. The van der Waals surface area contributed by atoms with Crippen molar-refractivity contribution in [1.82, 2.24) is 0 Å². The van der Waals surface area contributed by atoms with Gasteiger partial charge in [0.15, 0.2) is 0 Å². The molecule has 0 unspecified atom stereocenters. The number of hydrogen-bond donors (Lipinski definition) is 2. The van der Waals surface area contributed by atoms with Gasteiger partial charge in [0.1, 0.15) is 12.4 Å². The number of ether oxygens (including phenoxy) is 1. The van der Waals surface area contributed by atoms with E-state index in [2.05, 4.69) is 19.2 Å². The van der Waals surface area contributed by atoms with Crippen molar-refractivity contribution >= 4 is 23.0 Å². The quantitative estimate of drug-likeness (QED) is 0.847. The maximum Gasteiger partial charge on any atom is 0.243 e. The van der Waals surface area contributed by atoms with Gasteiger partial charge in [-0.05, 0) is 35.7 Å². The van der Waals surface area contributed by atoms with Gasteiger partial charge in [-0.1, -0.05) is 32.0 Å². The Balaban J connectivity index is 1.74. The summed E-state index contributed by atoms with van der Waals surface area (Å²) in [6, 6.07) is 13.4. The molecule has 2 aromatic rings. The van der Waals surface area contributed by atoms with Crippen LogP contribution in [0.25, 0.3) is 0 Å². The van der Waals surface area contributed by atoms with Gasteiger partial charge in [-0.25, -0.2) is 0 Å². The average Bonchev–Trinajstić information content (AvgIpc) is 2.55. The summed E-state index contributed by atoms with van der Waals surface area (Å²) in [5.41, 5.74) is 9.41. The van der Waals surface area contributed by atoms with Gasteiger partial charge in [0, 0.05) is 11.4 Å². The van der Waals surface area contributed by atoms with E-state index in [1.165, 1.54) is 0 Å². The van der Waals surface area contributed by atoms with Crippen molar-refractivity contribution in [2.24, 2.45) is 0 Å². The molecule has 3 rings (SSSR count). The number of carbonyl (C=O) groups excluding carboxylic acids is 1. The Labute approximate surface area is 142 Å². The first-order valence-corrected chi connectivity index (χ1v) is 8.20. The lowest BCUT2D eigenvalue weighted by Crippen LogP contribution is -2.39. The zero-order chi connectivity index (χ0) is 17.1. The minimum Gasteiger partial charge on any atom is -0.490 e. The van der Waals surface area contributed by atoms with E-state index in [9.17, 15) is 4.79 Å². The third-order valence-corrected chi connectivity index (χ3v) is 4.13. The predicted molar refractivity (Wildman–Crippen MR) is 97.7 cm³/mol. The van der Waals surface area contributed by atoms with Gasteiger partial charge in [0.05, 0.1) is 18.8 Å². The number of nitrogens with two attached hydrogens (primary N) is 1. The second-order valence-electron chi connectivity index (χ2n) is 6.29. The molecule has 0 atom stereocenters. The predicted octanol–water partition coefficient (Wildman–Crippen LogP) is 3.23. The van der Waals surface area contributed by atoms with Crippen LogP contribution in [0.3, 0.4) is 0 Å². The number of fused-ring (bicyclic) bond motifs is 1. The minimum absolute atomic E-state index is 0.0432. The normalized spacial score (nSPS) is 13.4. The summed E-state index contributed by atoms with van der Waals surface area (Å²) in [5, 5.41) is 3.03. The van der Waals surface area contributed by atoms with E-state index in [4.69, 9.17) is 10.5 Å². The SMILES string of the molecule is CC(C)c1ccccc1NC(=O)CN1CCOc2ccc(N)cc21. The van der Waals surface area contributed by atoms with Crippen LogP contribution in [0.4, 0.5) is 17.1 Å². The average molecular weight is 325 g/mol. The van der Waals surface area contributed by atoms with E-state index >= 15 is 0 Å². The Morgan fingerprint density at radius 2 is 2.08 bits per heavy atom. The molecule has 0 fully saturated rings. The molecular formula is C19H23N3O2. The lowest BCUT2D eigenvalue weighted by atomic mass is 10.0. The highest BCUT2D eigenvalue weighted by atomic mass is 16.5. The molecule has 0 spiro atoms. The van der Waals surface area contributed by atoms with E-state index < -0.39 is 0 Å². The van der Waals surface area contributed by atoms with Crippen molar-refractivity contribution in [2.75, 3.05) is 35.6 Å². The summed E-state index contributed by atoms with van der Waals surface area (Å²) >= 11 is 0. The smallest absolute Gasteiger partial charge is 0.243 e. The number of para-hydroxylation sites is 1. The second-order valence-corrected chi connectivity index (χ2v) is 6.29. The maximum atomic E-state index is 12.5. The van der Waals surface area contributed by atoms with Gasteiger partial charge in [0.25, 0.3) is 0 Å². The molecule has 126 valence electrons. The van der Waals surface area contributed by atoms with Crippen LogP contribution in [0.5, 0.6) is 5.75 Å². The van der Waals surface area contributed by atoms with Gasteiger partial charge in [-0.3, -0.25) is 4.79 Å². The van der Waals surface area contributed by atoms with Crippen molar-refractivity contribution in [3.05, 3.63) is 48.0 Å². The van der Waals surface area contributed by atoms with E-state index in [0.717, 1.165) is 22.7 Å². The molecule has 1 amide bonds. The van der Waals surface area contributed by atoms with Gasteiger partial charge >= 0.3 is 0 Å². The molecule has 0 radical (unpaired) electrons. The second kappa shape index (κ2) is 6.83. The highest BCUT2D eigenvalue weighted by molar-refractivity contribution is 5.95. The Kier molecular flexibility index (Phi) is 4.60. The topological polar surface area (TPSA) is 67.6 Å². The van der Waals surface area contributed by atoms with Crippen LogP contribution in [-0.4, -0.2) is 25.6 Å². The van der Waals surface area contributed by atoms with Crippen molar-refractivity contribution in [2.45, 2.75) is 19.8 Å². The third-order valence-electron chi connectivity index (χ3n) is 4.13. The van der Waals surface area contributed by atoms with Crippen LogP contribution in [0, 0.1) is 0 Å². The number of nitrogen functional groups attached to an aromatic ring is 1. The van der Waals surface area contributed by atoms with Crippen LogP contribution >= 0.6 is 0 Å². The lowest BCUT2D eigenvalue weighted by molar-refractivity contribution is -0.115. The monoisotopic (exact) mass is 325 g/mol. The first-order chi connectivity index (χ1) is 11.5. The zero-order valence-electron chi connectivity index (χ0n) is 14.1. The Morgan fingerprint density at radius 1 is 1.29 bits per heavy atom. The molecule has 0 aliphatic carbocycles. The Bertz CT molecular complexity index is 743. The van der Waals surface area contributed by atoms with Gasteiger partial charge in [-0.15, -0.1) is 0 Å². The lowest BCUT2D eigenvalue weighted by Gasteiger charge is -2.31. The summed E-state index contributed by atoms with van der Waals surface area (Å²) in [6.45, 7) is 5.73. The van der Waals surface area contributed by atoms with Crippen molar-refractivity contribution in [3.63, 3.8) is 0 Å². The first-order valence-electron chi connectivity index (χ1n) is 8.20. The highest BCUT2D eigenvalue weighted by Crippen LogP contribution is 2.33. The molecule has 3 N–H and O–H groups in total. The molecule has 0 saturated carbocycles. The minimum atomic E-state index is -0.0432. The molecule has 0 aromatic heterocycles. The van der Waals surface area contributed by atoms with Crippen LogP contribution in [-0.2, 0) is 4.79 Å². The Hall–Kier alpha value is -2.69. The number of nitrogens with one attached hydrogen (secondary N) is 1. The fourth-order valence-electron chi connectivity index (χ4n) is 2.93. The first kappa shape index (κ1) is 16.2. The summed E-state index contributed by atoms with van der Waals surface area (Å²) < 4.78 is 5.63. The molecule has 1 aliphatic heterocycles. The van der Waals surface area contributed by atoms with Gasteiger partial charge in [-0.2, -0.15) is 0 Å². The van der Waals surface area contributed by atoms with Crippen molar-refractivity contribution in [3.8, 4) is 5.75 Å². The third kappa shape index (κ3) is 3.45. The van der Waals surface area contributed by atoms with Crippen molar-refractivity contribution < 1.29 is 9.53 Å². The molecule has 5 heteroatoms. The van der Waals surface area contributed by atoms with Crippen LogP contribution in [0.1, 0.15) is 25.3 Å². The van der Waals surface area contributed by atoms with Gasteiger partial charge in [0.2, 0.25) is 5.91 Å². The summed E-state index contributed by atoms with van der Waals surface area (Å²) in [6.07, 6.45) is 0. The molecule has 0 saturated heterocycles. The van der Waals surface area contributed by atoms with E-state index in [0.29, 0.717) is 24.8 Å². The number of hydrogen-bond acceptors (Lipinski definition) is 4. The van der Waals surface area contributed by atoms with Crippen LogP contribution < -0.4 is 20.7 Å². The Morgan fingerprint density at radius 3 is 2.88 bits per heavy atom. The zero-order valence-corrected chi connectivity index (χ0v) is 14.1. The molecule has 24 heavy (non-hydrogen) atoms.